The molecule has 10 aromatic carbocycles. The topological polar surface area (TPSA) is 8.17 Å². The van der Waals surface area contributed by atoms with Crippen molar-refractivity contribution in [3.63, 3.8) is 0 Å². The van der Waals surface area contributed by atoms with Crippen molar-refractivity contribution in [1.29, 1.82) is 0 Å². The van der Waals surface area contributed by atoms with Crippen molar-refractivity contribution < 1.29 is 0 Å². The van der Waals surface area contributed by atoms with E-state index < -0.39 is 0 Å². The molecule has 3 heteroatoms. The van der Waals surface area contributed by atoms with Crippen LogP contribution >= 0.6 is 11.3 Å². The van der Waals surface area contributed by atoms with Gasteiger partial charge in [-0.25, -0.2) is 0 Å². The lowest BCUT2D eigenvalue weighted by atomic mass is 9.97. The molecule has 0 fully saturated rings. The van der Waals surface area contributed by atoms with Gasteiger partial charge in [0.2, 0.25) is 0 Å². The Hall–Kier alpha value is -7.72. The Morgan fingerprint density at radius 2 is 0.852 bits per heavy atom. The van der Waals surface area contributed by atoms with E-state index in [0.717, 1.165) is 17.1 Å². The molecule has 286 valence electrons. The molecule has 0 bridgehead atoms. The molecular weight excluding hydrogens is 757 g/mol. The number of hydrogen-bond donors (Lipinski definition) is 0. The number of thiophene rings is 1. The normalized spacial score (nSPS) is 11.6. The minimum absolute atomic E-state index is 1.10. The fourth-order valence-electron chi connectivity index (χ4n) is 9.24. The Kier molecular flexibility index (Phi) is 8.39. The molecule has 0 aliphatic heterocycles. The second kappa shape index (κ2) is 14.5. The Labute approximate surface area is 358 Å². The molecule has 0 saturated heterocycles. The molecule has 12 rings (SSSR count). The SMILES string of the molecule is c1cc(-c2ccc(N(c3ccc(-c4ccccc4-n4c5ccccc5c5ccccc54)cc3)c3ccc4sc5ccccc5c4c3)cc2)cc(-c2ccc3ccccc3c2)c1. The van der Waals surface area contributed by atoms with Crippen LogP contribution < -0.4 is 4.90 Å². The van der Waals surface area contributed by atoms with E-state index in [1.807, 2.05) is 11.3 Å². The standard InChI is InChI=1S/C58H38N2S/c1-2-13-42-37-45(25-24-39(42)12-1)44-15-11-14-43(36-44)40-26-30-46(31-27-40)59(48-34-35-58-53(38-48)52-19-6-10-23-57(52)61-58)47-32-28-41(29-33-47)49-16-3-7-20-54(49)60-55-21-8-4-17-50(55)51-18-5-9-22-56(51)60/h1-38H. The van der Waals surface area contributed by atoms with Gasteiger partial charge < -0.3 is 9.47 Å². The van der Waals surface area contributed by atoms with Crippen LogP contribution in [0.4, 0.5) is 17.1 Å². The third-order valence-electron chi connectivity index (χ3n) is 12.2. The van der Waals surface area contributed by atoms with Gasteiger partial charge in [0.25, 0.3) is 0 Å². The van der Waals surface area contributed by atoms with Gasteiger partial charge in [0.15, 0.2) is 0 Å². The van der Waals surface area contributed by atoms with Crippen LogP contribution in [0.1, 0.15) is 0 Å². The lowest BCUT2D eigenvalue weighted by molar-refractivity contribution is 1.18. The highest BCUT2D eigenvalue weighted by molar-refractivity contribution is 7.25. The maximum atomic E-state index is 2.42. The van der Waals surface area contributed by atoms with Crippen LogP contribution in [0.3, 0.4) is 0 Å². The Morgan fingerprint density at radius 1 is 0.311 bits per heavy atom. The Bertz CT molecular complexity index is 3540. The van der Waals surface area contributed by atoms with E-state index in [1.54, 1.807) is 0 Å². The molecule has 61 heavy (non-hydrogen) atoms. The first-order valence-electron chi connectivity index (χ1n) is 20.8. The smallest absolute Gasteiger partial charge is 0.0541 e. The summed E-state index contributed by atoms with van der Waals surface area (Å²) in [6.07, 6.45) is 0. The van der Waals surface area contributed by atoms with Crippen LogP contribution in [0.25, 0.3) is 91.8 Å². The molecule has 0 unspecified atom stereocenters. The number of hydrogen-bond acceptors (Lipinski definition) is 2. The van der Waals surface area contributed by atoms with E-state index in [1.165, 1.54) is 91.8 Å². The molecule has 0 atom stereocenters. The molecule has 0 aliphatic rings. The maximum Gasteiger partial charge on any atom is 0.0541 e. The minimum Gasteiger partial charge on any atom is -0.310 e. The number of fused-ring (bicyclic) bond motifs is 7. The number of nitrogens with zero attached hydrogens (tertiary/aromatic N) is 2. The van der Waals surface area contributed by atoms with Gasteiger partial charge in [-0.05, 0) is 117 Å². The lowest BCUT2D eigenvalue weighted by Crippen LogP contribution is -2.09. The van der Waals surface area contributed by atoms with E-state index in [9.17, 15) is 0 Å². The molecule has 0 amide bonds. The molecule has 2 heterocycles. The maximum absolute atomic E-state index is 2.42. The number of aromatic nitrogens is 1. The van der Waals surface area contributed by atoms with E-state index in [2.05, 4.69) is 240 Å². The van der Waals surface area contributed by atoms with Crippen LogP contribution in [-0.2, 0) is 0 Å². The fraction of sp³-hybridized carbons (Fsp3) is 0. The number of anilines is 3. The Morgan fingerprint density at radius 3 is 1.61 bits per heavy atom. The first-order chi connectivity index (χ1) is 30.2. The zero-order valence-corrected chi connectivity index (χ0v) is 34.1. The molecule has 0 radical (unpaired) electrons. The molecule has 0 spiro atoms. The van der Waals surface area contributed by atoms with Crippen LogP contribution in [0, 0.1) is 0 Å². The summed E-state index contributed by atoms with van der Waals surface area (Å²) in [4.78, 5) is 2.39. The van der Waals surface area contributed by atoms with Crippen molar-refractivity contribution in [2.75, 3.05) is 4.90 Å². The first kappa shape index (κ1) is 35.2. The van der Waals surface area contributed by atoms with Gasteiger partial charge in [-0.3, -0.25) is 0 Å². The average Bonchev–Trinajstić information content (AvgIpc) is 3.87. The number of rotatable bonds is 7. The fourth-order valence-corrected chi connectivity index (χ4v) is 10.3. The van der Waals surface area contributed by atoms with Gasteiger partial charge in [-0.2, -0.15) is 0 Å². The number of para-hydroxylation sites is 3. The van der Waals surface area contributed by atoms with Crippen LogP contribution in [-0.4, -0.2) is 4.57 Å². The summed E-state index contributed by atoms with van der Waals surface area (Å²) >= 11 is 1.85. The van der Waals surface area contributed by atoms with Crippen molar-refractivity contribution in [3.8, 4) is 39.1 Å². The Balaban J connectivity index is 0.947. The van der Waals surface area contributed by atoms with E-state index in [4.69, 9.17) is 0 Å². The van der Waals surface area contributed by atoms with E-state index in [0.29, 0.717) is 0 Å². The highest BCUT2D eigenvalue weighted by Gasteiger charge is 2.18. The summed E-state index contributed by atoms with van der Waals surface area (Å²) in [5, 5.41) is 7.61. The first-order valence-corrected chi connectivity index (χ1v) is 21.6. The summed E-state index contributed by atoms with van der Waals surface area (Å²) in [6.45, 7) is 0. The van der Waals surface area contributed by atoms with Gasteiger partial charge in [-0.1, -0.05) is 152 Å². The third kappa shape index (κ3) is 6.09. The predicted octanol–water partition coefficient (Wildman–Crippen LogP) is 16.8. The zero-order chi connectivity index (χ0) is 40.3. The molecule has 0 N–H and O–H groups in total. The van der Waals surface area contributed by atoms with Gasteiger partial charge in [0.05, 0.1) is 16.7 Å². The lowest BCUT2D eigenvalue weighted by Gasteiger charge is -2.26. The van der Waals surface area contributed by atoms with Gasteiger partial charge in [0.1, 0.15) is 0 Å². The van der Waals surface area contributed by atoms with Gasteiger partial charge in [0, 0.05) is 53.6 Å². The average molecular weight is 795 g/mol. The van der Waals surface area contributed by atoms with E-state index >= 15 is 0 Å². The van der Waals surface area contributed by atoms with Crippen molar-refractivity contribution in [2.24, 2.45) is 0 Å². The molecule has 12 aromatic rings. The van der Waals surface area contributed by atoms with Crippen LogP contribution in [0.2, 0.25) is 0 Å². The van der Waals surface area contributed by atoms with Crippen molar-refractivity contribution in [1.82, 2.24) is 4.57 Å². The van der Waals surface area contributed by atoms with Gasteiger partial charge in [-0.15, -0.1) is 11.3 Å². The zero-order valence-electron chi connectivity index (χ0n) is 33.2. The monoisotopic (exact) mass is 794 g/mol. The van der Waals surface area contributed by atoms with Gasteiger partial charge >= 0.3 is 0 Å². The van der Waals surface area contributed by atoms with Crippen molar-refractivity contribution >= 4 is 81.1 Å². The number of benzene rings is 10. The highest BCUT2D eigenvalue weighted by atomic mass is 32.1. The largest absolute Gasteiger partial charge is 0.310 e. The summed E-state index contributed by atoms with van der Waals surface area (Å²) in [6, 6.07) is 84.2. The quantitative estimate of drug-likeness (QED) is 0.156. The third-order valence-corrected chi connectivity index (χ3v) is 13.3. The second-order valence-corrected chi connectivity index (χ2v) is 16.8. The highest BCUT2D eigenvalue weighted by Crippen LogP contribution is 2.43. The summed E-state index contributed by atoms with van der Waals surface area (Å²) in [5.41, 5.74) is 14.1. The van der Waals surface area contributed by atoms with Crippen molar-refractivity contribution in [2.45, 2.75) is 0 Å². The predicted molar refractivity (Wildman–Crippen MR) is 262 cm³/mol. The van der Waals surface area contributed by atoms with Crippen LogP contribution in [0.15, 0.2) is 231 Å². The molecular formula is C58H38N2S. The molecule has 2 nitrogen and oxygen atoms in total. The van der Waals surface area contributed by atoms with E-state index in [-0.39, 0.29) is 0 Å². The summed E-state index contributed by atoms with van der Waals surface area (Å²) < 4.78 is 5.02. The molecule has 0 saturated carbocycles. The minimum atomic E-state index is 1.10. The second-order valence-electron chi connectivity index (χ2n) is 15.7. The molecule has 2 aromatic heterocycles. The molecule has 0 aliphatic carbocycles. The summed E-state index contributed by atoms with van der Waals surface area (Å²) in [7, 11) is 0. The van der Waals surface area contributed by atoms with Crippen molar-refractivity contribution in [3.05, 3.63) is 231 Å². The van der Waals surface area contributed by atoms with Crippen LogP contribution in [0.5, 0.6) is 0 Å². The summed E-state index contributed by atoms with van der Waals surface area (Å²) in [5.74, 6) is 0.